The monoisotopic (exact) mass is 378 g/mol. The molecule has 78 valence electrons. The van der Waals surface area contributed by atoms with Crippen LogP contribution in [0.25, 0.3) is 0 Å². The van der Waals surface area contributed by atoms with Crippen molar-refractivity contribution in [3.63, 3.8) is 0 Å². The van der Waals surface area contributed by atoms with Crippen molar-refractivity contribution in [1.82, 2.24) is 0 Å². The van der Waals surface area contributed by atoms with Crippen LogP contribution in [-0.4, -0.2) is 14.7 Å². The van der Waals surface area contributed by atoms with Crippen LogP contribution in [0, 0.1) is 0 Å². The highest BCUT2D eigenvalue weighted by molar-refractivity contribution is 9.39. The van der Waals surface area contributed by atoms with Crippen LogP contribution in [0.3, 0.4) is 0 Å². The van der Waals surface area contributed by atoms with Crippen LogP contribution < -0.4 is 0 Å². The minimum Gasteiger partial charge on any atom is -0.303 e. The molecule has 2 nitrogen and oxygen atoms in total. The summed E-state index contributed by atoms with van der Waals surface area (Å²) < 4.78 is -0.242. The highest BCUT2D eigenvalue weighted by Crippen LogP contribution is 2.37. The van der Waals surface area contributed by atoms with E-state index in [2.05, 4.69) is 47.8 Å². The lowest BCUT2D eigenvalue weighted by Crippen LogP contribution is -1.97. The molecule has 13 heavy (non-hydrogen) atoms. The van der Waals surface area contributed by atoms with Crippen molar-refractivity contribution in [1.29, 1.82) is 0 Å². The van der Waals surface area contributed by atoms with Gasteiger partial charge in [-0.25, -0.2) is 0 Å². The number of aldehydes is 2. The van der Waals surface area contributed by atoms with Gasteiger partial charge in [0.25, 0.3) is 0 Å². The Balaban J connectivity index is 0. The van der Waals surface area contributed by atoms with Crippen LogP contribution >= 0.6 is 47.8 Å². The molecule has 0 heterocycles. The molecule has 0 fully saturated rings. The number of hydrogen-bond donors (Lipinski definition) is 0. The summed E-state index contributed by atoms with van der Waals surface area (Å²) in [6, 6.07) is 0. The first kappa shape index (κ1) is 16.2. The highest BCUT2D eigenvalue weighted by Gasteiger charge is 2.15. The van der Waals surface area contributed by atoms with Gasteiger partial charge in [0.15, 0.2) is 0 Å². The number of rotatable bonds is 4. The largest absolute Gasteiger partial charge is 0.303 e. The fourth-order valence-electron chi connectivity index (χ4n) is 0.340. The summed E-state index contributed by atoms with van der Waals surface area (Å²) in [7, 11) is 0. The van der Waals surface area contributed by atoms with Crippen LogP contribution in [0.4, 0.5) is 0 Å². The predicted molar refractivity (Wildman–Crippen MR) is 65.8 cm³/mol. The van der Waals surface area contributed by atoms with Gasteiger partial charge in [0.05, 0.1) is 0 Å². The molecule has 0 saturated heterocycles. The molecule has 0 bridgehead atoms. The maximum atomic E-state index is 9.79. The lowest BCUT2D eigenvalue weighted by molar-refractivity contribution is -0.108. The quantitative estimate of drug-likeness (QED) is 0.549. The lowest BCUT2D eigenvalue weighted by atomic mass is 10.4. The zero-order valence-electron chi connectivity index (χ0n) is 7.43. The summed E-state index contributed by atoms with van der Waals surface area (Å²) in [5.74, 6) is 0. The minimum atomic E-state index is -0.242. The maximum absolute atomic E-state index is 9.79. The molecule has 0 aliphatic rings. The van der Waals surface area contributed by atoms with Gasteiger partial charge in [-0.2, -0.15) is 0 Å². The van der Waals surface area contributed by atoms with Crippen molar-refractivity contribution in [3.05, 3.63) is 0 Å². The van der Waals surface area contributed by atoms with Crippen LogP contribution in [-0.2, 0) is 9.59 Å². The van der Waals surface area contributed by atoms with Gasteiger partial charge in [-0.3, -0.25) is 0 Å². The zero-order chi connectivity index (χ0) is 10.7. The summed E-state index contributed by atoms with van der Waals surface area (Å²) >= 11 is 9.76. The van der Waals surface area contributed by atoms with Crippen molar-refractivity contribution in [3.8, 4) is 0 Å². The molecular weight excluding hydrogens is 368 g/mol. The molecule has 0 amide bonds. The molecule has 0 N–H and O–H groups in total. The van der Waals surface area contributed by atoms with Gasteiger partial charge in [0.1, 0.15) is 14.7 Å². The van der Waals surface area contributed by atoms with E-state index in [0.717, 1.165) is 25.4 Å². The molecular formula is C8H13Br3O2. The number of unbranched alkanes of at least 4 members (excludes halogenated alkanes) is 1. The number of carbonyl (C=O) groups excluding carboxylic acids is 2. The van der Waals surface area contributed by atoms with Crippen molar-refractivity contribution in [2.75, 3.05) is 0 Å². The highest BCUT2D eigenvalue weighted by atomic mass is 80.0. The fraction of sp³-hybridized carbons (Fsp3) is 0.750. The van der Waals surface area contributed by atoms with Gasteiger partial charge in [0, 0.05) is 12.8 Å². The van der Waals surface area contributed by atoms with E-state index < -0.39 is 0 Å². The Kier molecular flexibility index (Phi) is 13.5. The van der Waals surface area contributed by atoms with Crippen LogP contribution in [0.15, 0.2) is 0 Å². The van der Waals surface area contributed by atoms with Gasteiger partial charge >= 0.3 is 0 Å². The molecule has 0 saturated carbocycles. The smallest absolute Gasteiger partial charge is 0.135 e. The van der Waals surface area contributed by atoms with Gasteiger partial charge in [-0.1, -0.05) is 54.7 Å². The lowest BCUT2D eigenvalue weighted by Gasteiger charge is -2.07. The molecule has 5 heteroatoms. The van der Waals surface area contributed by atoms with E-state index in [1.807, 2.05) is 6.92 Å². The molecule has 0 unspecified atom stereocenters. The Morgan fingerprint density at radius 1 is 1.08 bits per heavy atom. The van der Waals surface area contributed by atoms with Gasteiger partial charge in [0.2, 0.25) is 0 Å². The van der Waals surface area contributed by atoms with Crippen molar-refractivity contribution >= 4 is 60.4 Å². The zero-order valence-corrected chi connectivity index (χ0v) is 12.2. The molecule has 0 aliphatic carbocycles. The predicted octanol–water partition coefficient (Wildman–Crippen LogP) is 3.79. The van der Waals surface area contributed by atoms with E-state index >= 15 is 0 Å². The number of alkyl halides is 3. The average Bonchev–Trinajstić information content (AvgIpc) is 2.02. The first-order chi connectivity index (χ1) is 5.97. The van der Waals surface area contributed by atoms with Gasteiger partial charge in [-0.15, -0.1) is 0 Å². The third-order valence-corrected chi connectivity index (χ3v) is 2.14. The summed E-state index contributed by atoms with van der Waals surface area (Å²) in [6.07, 6.45) is 4.81. The molecule has 0 aromatic carbocycles. The van der Waals surface area contributed by atoms with Gasteiger partial charge in [-0.05, 0) is 12.8 Å². The fourth-order valence-corrected chi connectivity index (χ4v) is 1.03. The maximum Gasteiger partial charge on any atom is 0.135 e. The van der Waals surface area contributed by atoms with Crippen LogP contribution in [0.2, 0.25) is 0 Å². The Morgan fingerprint density at radius 2 is 1.54 bits per heavy atom. The SMILES string of the molecule is CCCC=O.O=CCCC(Br)(Br)Br. The van der Waals surface area contributed by atoms with E-state index in [0.29, 0.717) is 12.8 Å². The van der Waals surface area contributed by atoms with E-state index in [9.17, 15) is 9.59 Å². The van der Waals surface area contributed by atoms with Crippen molar-refractivity contribution in [2.24, 2.45) is 0 Å². The molecule has 0 aromatic rings. The van der Waals surface area contributed by atoms with Crippen LogP contribution in [0.1, 0.15) is 32.6 Å². The Labute approximate surface area is 104 Å². The molecule has 0 rings (SSSR count). The minimum absolute atomic E-state index is 0.242. The summed E-state index contributed by atoms with van der Waals surface area (Å²) in [6.45, 7) is 1.98. The molecule has 0 spiro atoms. The first-order valence-electron chi connectivity index (χ1n) is 3.92. The number of halogens is 3. The van der Waals surface area contributed by atoms with E-state index in [-0.39, 0.29) is 2.14 Å². The Hall–Kier alpha value is 0.780. The molecule has 0 atom stereocenters. The Bertz CT molecular complexity index is 132. The molecule has 0 aromatic heterocycles. The Morgan fingerprint density at radius 3 is 1.62 bits per heavy atom. The number of carbonyl (C=O) groups is 2. The third kappa shape index (κ3) is 24.5. The van der Waals surface area contributed by atoms with Crippen molar-refractivity contribution < 1.29 is 9.59 Å². The van der Waals surface area contributed by atoms with Gasteiger partial charge < -0.3 is 9.59 Å². The second kappa shape index (κ2) is 10.9. The molecule has 0 radical (unpaired) electrons. The first-order valence-corrected chi connectivity index (χ1v) is 6.29. The summed E-state index contributed by atoms with van der Waals surface area (Å²) in [5.41, 5.74) is 0. The topological polar surface area (TPSA) is 34.1 Å². The van der Waals surface area contributed by atoms with Crippen molar-refractivity contribution in [2.45, 2.75) is 34.7 Å². The van der Waals surface area contributed by atoms with E-state index in [4.69, 9.17) is 0 Å². The van der Waals surface area contributed by atoms with E-state index in [1.54, 1.807) is 0 Å². The number of hydrogen-bond acceptors (Lipinski definition) is 2. The second-order valence-corrected chi connectivity index (χ2v) is 9.53. The second-order valence-electron chi connectivity index (χ2n) is 2.28. The summed E-state index contributed by atoms with van der Waals surface area (Å²) in [5, 5.41) is 0. The molecule has 0 aliphatic heterocycles. The average molecular weight is 381 g/mol. The standard InChI is InChI=1S/C4H5Br3O.C4H8O/c5-4(6,7)2-1-3-8;1-2-3-4-5/h3H,1-2H2;4H,2-3H2,1H3. The van der Waals surface area contributed by atoms with Crippen LogP contribution in [0.5, 0.6) is 0 Å². The third-order valence-electron chi connectivity index (χ3n) is 0.952. The normalized spacial score (nSPS) is 9.85. The van der Waals surface area contributed by atoms with E-state index in [1.165, 1.54) is 0 Å². The summed E-state index contributed by atoms with van der Waals surface area (Å²) in [4.78, 5) is 19.2.